The van der Waals surface area contributed by atoms with Gasteiger partial charge in [-0.3, -0.25) is 14.9 Å². The van der Waals surface area contributed by atoms with Crippen LogP contribution < -0.4 is 4.74 Å². The summed E-state index contributed by atoms with van der Waals surface area (Å²) in [4.78, 5) is 26.7. The largest absolute Gasteiger partial charge is 0.496 e. The van der Waals surface area contributed by atoms with Gasteiger partial charge in [0, 0.05) is 29.5 Å². The number of pyridine rings is 1. The summed E-state index contributed by atoms with van der Waals surface area (Å²) >= 11 is 0. The lowest BCUT2D eigenvalue weighted by molar-refractivity contribution is -0.384. The van der Waals surface area contributed by atoms with Crippen molar-refractivity contribution in [3.05, 3.63) is 39.6 Å². The molecular weight excluding hydrogens is 260 g/mol. The van der Waals surface area contributed by atoms with E-state index in [-0.39, 0.29) is 11.5 Å². The molecule has 2 aromatic rings. The minimum absolute atomic E-state index is 0.00445. The Kier molecular flexibility index (Phi) is 2.85. The highest BCUT2D eigenvalue weighted by atomic mass is 16.6. The number of nitro benzene ring substituents is 1. The molecular formula is C14H12N2O4. The van der Waals surface area contributed by atoms with Crippen molar-refractivity contribution in [3.63, 3.8) is 0 Å². The fourth-order valence-corrected chi connectivity index (χ4v) is 2.61. The molecule has 0 saturated heterocycles. The molecule has 6 heteroatoms. The molecule has 0 amide bonds. The first-order valence-electron chi connectivity index (χ1n) is 6.30. The van der Waals surface area contributed by atoms with Gasteiger partial charge in [0.1, 0.15) is 11.4 Å². The Bertz CT molecular complexity index is 740. The third kappa shape index (κ3) is 1.80. The number of Topliss-reactive ketones (excluding diaryl/α,β-unsaturated/α-hetero) is 1. The summed E-state index contributed by atoms with van der Waals surface area (Å²) in [5.41, 5.74) is 1.73. The molecule has 6 nitrogen and oxygen atoms in total. The van der Waals surface area contributed by atoms with Crippen molar-refractivity contribution in [1.29, 1.82) is 0 Å². The number of ketones is 1. The Balaban J connectivity index is 2.35. The number of fused-ring (bicyclic) bond motifs is 2. The molecule has 102 valence electrons. The number of carbonyl (C=O) groups is 1. The van der Waals surface area contributed by atoms with Gasteiger partial charge in [0.15, 0.2) is 5.78 Å². The summed E-state index contributed by atoms with van der Waals surface area (Å²) in [5, 5.41) is 11.5. The van der Waals surface area contributed by atoms with Crippen LogP contribution in [0.15, 0.2) is 18.2 Å². The Morgan fingerprint density at radius 3 is 2.85 bits per heavy atom. The highest BCUT2D eigenvalue weighted by Gasteiger charge is 2.25. The van der Waals surface area contributed by atoms with Gasteiger partial charge < -0.3 is 4.74 Å². The molecule has 0 bridgehead atoms. The molecule has 0 N–H and O–H groups in total. The van der Waals surface area contributed by atoms with E-state index in [0.717, 1.165) is 12.0 Å². The van der Waals surface area contributed by atoms with Crippen molar-refractivity contribution in [1.82, 2.24) is 4.98 Å². The van der Waals surface area contributed by atoms with Crippen LogP contribution in [0.2, 0.25) is 0 Å². The topological polar surface area (TPSA) is 82.3 Å². The number of benzene rings is 1. The van der Waals surface area contributed by atoms with Crippen molar-refractivity contribution in [2.45, 2.75) is 19.3 Å². The van der Waals surface area contributed by atoms with Crippen molar-refractivity contribution in [3.8, 4) is 5.75 Å². The zero-order chi connectivity index (χ0) is 14.3. The van der Waals surface area contributed by atoms with Crippen LogP contribution in [0.1, 0.15) is 28.9 Å². The first-order chi connectivity index (χ1) is 9.61. The predicted molar refractivity (Wildman–Crippen MR) is 72.2 cm³/mol. The number of carbonyl (C=O) groups excluding carboxylic acids is 1. The van der Waals surface area contributed by atoms with Crippen LogP contribution >= 0.6 is 0 Å². The fraction of sp³-hybridized carbons (Fsp3) is 0.286. The van der Waals surface area contributed by atoms with Gasteiger partial charge in [0.25, 0.3) is 5.69 Å². The van der Waals surface area contributed by atoms with Gasteiger partial charge in [0.05, 0.1) is 17.5 Å². The van der Waals surface area contributed by atoms with Crippen molar-refractivity contribution < 1.29 is 14.5 Å². The zero-order valence-corrected chi connectivity index (χ0v) is 10.9. The number of non-ortho nitro benzene ring substituents is 1. The monoisotopic (exact) mass is 272 g/mol. The summed E-state index contributed by atoms with van der Waals surface area (Å²) in [5.74, 6) is 0.534. The summed E-state index contributed by atoms with van der Waals surface area (Å²) in [6.07, 6.45) is 1.95. The van der Waals surface area contributed by atoms with E-state index in [1.165, 1.54) is 19.2 Å². The third-order valence-corrected chi connectivity index (χ3v) is 3.53. The van der Waals surface area contributed by atoms with Crippen LogP contribution in [0.25, 0.3) is 10.9 Å². The lowest BCUT2D eigenvalue weighted by Gasteiger charge is -2.18. The van der Waals surface area contributed by atoms with E-state index in [2.05, 4.69) is 4.98 Å². The molecule has 0 radical (unpaired) electrons. The van der Waals surface area contributed by atoms with Crippen LogP contribution in [-0.4, -0.2) is 22.8 Å². The molecule has 1 aromatic heterocycles. The van der Waals surface area contributed by atoms with Gasteiger partial charge in [-0.05, 0) is 18.9 Å². The lowest BCUT2D eigenvalue weighted by atomic mass is 9.92. The normalized spacial score (nSPS) is 14.2. The molecule has 0 atom stereocenters. The maximum atomic E-state index is 11.9. The highest BCUT2D eigenvalue weighted by Crippen LogP contribution is 2.36. The molecule has 0 aliphatic heterocycles. The number of hydrogen-bond acceptors (Lipinski definition) is 5. The molecule has 0 saturated carbocycles. The van der Waals surface area contributed by atoms with E-state index >= 15 is 0 Å². The van der Waals surface area contributed by atoms with Crippen molar-refractivity contribution in [2.24, 2.45) is 0 Å². The number of rotatable bonds is 2. The minimum atomic E-state index is -0.455. The third-order valence-electron chi connectivity index (χ3n) is 3.53. The van der Waals surface area contributed by atoms with Crippen molar-refractivity contribution in [2.75, 3.05) is 7.11 Å². The molecule has 1 aliphatic rings. The average molecular weight is 272 g/mol. The Morgan fingerprint density at radius 2 is 2.15 bits per heavy atom. The van der Waals surface area contributed by atoms with Gasteiger partial charge in [-0.1, -0.05) is 0 Å². The maximum Gasteiger partial charge on any atom is 0.270 e. The Hall–Kier alpha value is -2.50. The fourth-order valence-electron chi connectivity index (χ4n) is 2.61. The first-order valence-corrected chi connectivity index (χ1v) is 6.30. The molecule has 1 heterocycles. The first kappa shape index (κ1) is 12.5. The number of aromatic nitrogens is 1. The standard InChI is InChI=1S/C14H12N2O4/c1-20-14-9-3-2-4-12(17)13(9)15-11-6-5-8(16(18)19)7-10(11)14/h5-7H,2-4H2,1H3. The van der Waals surface area contributed by atoms with Crippen LogP contribution in [0.4, 0.5) is 5.69 Å². The van der Waals surface area contributed by atoms with Crippen LogP contribution in [0.5, 0.6) is 5.75 Å². The van der Waals surface area contributed by atoms with E-state index in [1.807, 2.05) is 0 Å². The number of methoxy groups -OCH3 is 1. The van der Waals surface area contributed by atoms with E-state index in [9.17, 15) is 14.9 Å². The molecule has 20 heavy (non-hydrogen) atoms. The quantitative estimate of drug-likeness (QED) is 0.620. The molecule has 0 fully saturated rings. The highest BCUT2D eigenvalue weighted by molar-refractivity contribution is 6.01. The van der Waals surface area contributed by atoms with Crippen LogP contribution in [0.3, 0.4) is 0 Å². The molecule has 1 aromatic carbocycles. The number of nitro groups is 1. The summed E-state index contributed by atoms with van der Waals surface area (Å²) in [7, 11) is 1.51. The predicted octanol–water partition coefficient (Wildman–Crippen LogP) is 2.67. The zero-order valence-electron chi connectivity index (χ0n) is 10.9. The van der Waals surface area contributed by atoms with Gasteiger partial charge >= 0.3 is 0 Å². The molecule has 1 aliphatic carbocycles. The van der Waals surface area contributed by atoms with E-state index in [4.69, 9.17) is 4.74 Å². The Morgan fingerprint density at radius 1 is 1.35 bits per heavy atom. The lowest BCUT2D eigenvalue weighted by Crippen LogP contribution is -2.14. The van der Waals surface area contributed by atoms with E-state index < -0.39 is 4.92 Å². The van der Waals surface area contributed by atoms with Gasteiger partial charge in [0.2, 0.25) is 0 Å². The second kappa shape index (κ2) is 4.56. The van der Waals surface area contributed by atoms with Gasteiger partial charge in [-0.15, -0.1) is 0 Å². The van der Waals surface area contributed by atoms with Crippen LogP contribution in [0, 0.1) is 10.1 Å². The maximum absolute atomic E-state index is 11.9. The summed E-state index contributed by atoms with van der Waals surface area (Å²) < 4.78 is 5.39. The average Bonchev–Trinajstić information content (AvgIpc) is 2.45. The van der Waals surface area contributed by atoms with E-state index in [1.54, 1.807) is 6.07 Å². The SMILES string of the molecule is COc1c2c(nc3ccc([N+](=O)[O-])cc13)C(=O)CCC2. The second-order valence-corrected chi connectivity index (χ2v) is 4.71. The summed E-state index contributed by atoms with van der Waals surface area (Å²) in [6.45, 7) is 0. The number of ether oxygens (including phenoxy) is 1. The second-order valence-electron chi connectivity index (χ2n) is 4.71. The number of nitrogens with zero attached hydrogens (tertiary/aromatic N) is 2. The van der Waals surface area contributed by atoms with Gasteiger partial charge in [-0.2, -0.15) is 0 Å². The number of hydrogen-bond donors (Lipinski definition) is 0. The smallest absolute Gasteiger partial charge is 0.270 e. The molecule has 0 unspecified atom stereocenters. The van der Waals surface area contributed by atoms with Crippen molar-refractivity contribution >= 4 is 22.4 Å². The van der Waals surface area contributed by atoms with Crippen LogP contribution in [-0.2, 0) is 6.42 Å². The van der Waals surface area contributed by atoms with E-state index in [0.29, 0.717) is 35.2 Å². The summed E-state index contributed by atoms with van der Waals surface area (Å²) in [6, 6.07) is 4.38. The van der Waals surface area contributed by atoms with Gasteiger partial charge in [-0.25, -0.2) is 4.98 Å². The molecule has 0 spiro atoms. The Labute approximate surface area is 114 Å². The minimum Gasteiger partial charge on any atom is -0.496 e. The molecule has 3 rings (SSSR count).